The highest BCUT2D eigenvalue weighted by Gasteiger charge is 2.44. The molecule has 1 aliphatic carbocycles. The van der Waals surface area contributed by atoms with E-state index in [2.05, 4.69) is 23.3 Å². The van der Waals surface area contributed by atoms with Crippen LogP contribution in [0.25, 0.3) is 0 Å². The fourth-order valence-corrected chi connectivity index (χ4v) is 4.58. The largest absolute Gasteiger partial charge is 0.484 e. The summed E-state index contributed by atoms with van der Waals surface area (Å²) < 4.78 is 48.0. The number of halogens is 3. The van der Waals surface area contributed by atoms with Crippen LogP contribution in [-0.4, -0.2) is 55.1 Å². The molecule has 7 nitrogen and oxygen atoms in total. The number of allylic oxidation sites excluding steroid dienone is 1. The number of carboxylic acid groups (broad SMARTS) is 1. The van der Waals surface area contributed by atoms with Gasteiger partial charge in [-0.25, -0.2) is 4.79 Å². The van der Waals surface area contributed by atoms with E-state index in [1.807, 2.05) is 24.1 Å². The number of likely N-dealkylation sites (N-methyl/N-ethyl adjacent to an activating group) is 1. The lowest BCUT2D eigenvalue weighted by atomic mass is 9.67. The van der Waals surface area contributed by atoms with Crippen molar-refractivity contribution in [2.24, 2.45) is 11.3 Å². The Labute approximate surface area is 207 Å². The van der Waals surface area contributed by atoms with E-state index in [4.69, 9.17) is 9.47 Å². The molecule has 36 heavy (non-hydrogen) atoms. The van der Waals surface area contributed by atoms with Crippen LogP contribution >= 0.6 is 0 Å². The van der Waals surface area contributed by atoms with Crippen molar-refractivity contribution in [3.05, 3.63) is 72.2 Å². The van der Waals surface area contributed by atoms with Crippen LogP contribution in [0.2, 0.25) is 0 Å². The van der Waals surface area contributed by atoms with Crippen LogP contribution in [0.1, 0.15) is 23.7 Å². The van der Waals surface area contributed by atoms with Crippen LogP contribution in [0, 0.1) is 11.3 Å². The molecule has 1 fully saturated rings. The Balaban J connectivity index is 1.44. The molecule has 2 aromatic rings. The highest BCUT2D eigenvalue weighted by atomic mass is 19.4. The molecule has 3 atom stereocenters. The van der Waals surface area contributed by atoms with E-state index in [0.29, 0.717) is 18.8 Å². The highest BCUT2D eigenvalue weighted by Crippen LogP contribution is 2.44. The minimum atomic E-state index is -4.39. The summed E-state index contributed by atoms with van der Waals surface area (Å²) in [6.45, 7) is 1.92. The van der Waals surface area contributed by atoms with Crippen molar-refractivity contribution in [2.45, 2.75) is 25.6 Å². The summed E-state index contributed by atoms with van der Waals surface area (Å²) in [5.74, 6) is -0.678. The summed E-state index contributed by atoms with van der Waals surface area (Å²) >= 11 is 0. The number of carboxylic acids is 1. The minimum Gasteiger partial charge on any atom is -0.484 e. The molecule has 10 heteroatoms. The van der Waals surface area contributed by atoms with E-state index in [9.17, 15) is 23.1 Å². The van der Waals surface area contributed by atoms with E-state index >= 15 is 0 Å². The highest BCUT2D eigenvalue weighted by molar-refractivity contribution is 5.93. The molecule has 0 bridgehead atoms. The molecular weight excluding hydrogens is 475 g/mol. The first-order valence-corrected chi connectivity index (χ1v) is 11.5. The number of pyridine rings is 1. The Morgan fingerprint density at radius 2 is 2.06 bits per heavy atom. The fraction of sp³-hybridized carbons (Fsp3) is 0.385. The van der Waals surface area contributed by atoms with Gasteiger partial charge in [-0.15, -0.1) is 0 Å². The second-order valence-corrected chi connectivity index (χ2v) is 9.13. The van der Waals surface area contributed by atoms with Crippen LogP contribution in [0.3, 0.4) is 0 Å². The molecule has 1 aromatic carbocycles. The van der Waals surface area contributed by atoms with Crippen LogP contribution < -0.4 is 15.0 Å². The van der Waals surface area contributed by atoms with Gasteiger partial charge >= 0.3 is 12.1 Å². The van der Waals surface area contributed by atoms with Gasteiger partial charge in [0.1, 0.15) is 5.75 Å². The predicted molar refractivity (Wildman–Crippen MR) is 129 cm³/mol. The van der Waals surface area contributed by atoms with Gasteiger partial charge in [0.05, 0.1) is 23.6 Å². The second kappa shape index (κ2) is 10.2. The Morgan fingerprint density at radius 1 is 1.31 bits per heavy atom. The lowest BCUT2D eigenvalue weighted by Gasteiger charge is -2.47. The van der Waals surface area contributed by atoms with Gasteiger partial charge in [0.15, 0.2) is 6.61 Å². The Kier molecular flexibility index (Phi) is 7.26. The summed E-state index contributed by atoms with van der Waals surface area (Å²) in [7, 11) is 1.88. The van der Waals surface area contributed by atoms with Gasteiger partial charge in [0, 0.05) is 43.2 Å². The van der Waals surface area contributed by atoms with E-state index in [0.717, 1.165) is 17.8 Å². The molecule has 2 aliphatic rings. The fourth-order valence-electron chi connectivity index (χ4n) is 4.58. The van der Waals surface area contributed by atoms with Crippen molar-refractivity contribution >= 4 is 17.3 Å². The SMILES string of the molecule is CN(C1=CC2OCC[C@@H](CNc3cnccc3C(=O)O)C2(C)C=C1)c1ccc(OCC(F)(F)F)cc1. The molecule has 0 radical (unpaired) electrons. The number of hydrogen-bond acceptors (Lipinski definition) is 6. The first-order valence-electron chi connectivity index (χ1n) is 11.5. The van der Waals surface area contributed by atoms with Crippen molar-refractivity contribution in [2.75, 3.05) is 37.0 Å². The molecule has 1 aromatic heterocycles. The van der Waals surface area contributed by atoms with Gasteiger partial charge in [-0.2, -0.15) is 13.2 Å². The van der Waals surface area contributed by atoms with Gasteiger partial charge in [-0.3, -0.25) is 4.98 Å². The standard InChI is InChI=1S/C26H28F3N3O4/c1-25-10-7-19(32(2)18-3-5-20(6-4-18)36-16-26(27,28)29)13-23(25)35-12-9-17(25)14-31-22-15-30-11-8-21(22)24(33)34/h3-8,10-11,13,15,17,23,31H,9,12,14,16H2,1-2H3,(H,33,34)/t17-,23?,25?/m0/s1. The number of rotatable bonds is 8. The third kappa shape index (κ3) is 5.64. The van der Waals surface area contributed by atoms with E-state index in [-0.39, 0.29) is 28.7 Å². The number of nitrogens with zero attached hydrogens (tertiary/aromatic N) is 2. The van der Waals surface area contributed by atoms with E-state index in [1.54, 1.807) is 12.1 Å². The van der Waals surface area contributed by atoms with E-state index in [1.165, 1.54) is 30.6 Å². The minimum absolute atomic E-state index is 0.149. The van der Waals surface area contributed by atoms with Crippen molar-refractivity contribution < 1.29 is 32.5 Å². The molecule has 2 N–H and O–H groups in total. The quantitative estimate of drug-likeness (QED) is 0.517. The maximum atomic E-state index is 12.4. The van der Waals surface area contributed by atoms with Gasteiger partial charge in [0.25, 0.3) is 0 Å². The predicted octanol–water partition coefficient (Wildman–Crippen LogP) is 5.13. The van der Waals surface area contributed by atoms with Gasteiger partial charge in [0.2, 0.25) is 0 Å². The lowest BCUT2D eigenvalue weighted by Crippen LogP contribution is -2.47. The Bertz CT molecular complexity index is 1150. The normalized spacial score (nSPS) is 23.4. The second-order valence-electron chi connectivity index (χ2n) is 9.13. The number of anilines is 2. The van der Waals surface area contributed by atoms with Crippen molar-refractivity contribution in [3.8, 4) is 5.75 Å². The molecule has 0 saturated carbocycles. The summed E-state index contributed by atoms with van der Waals surface area (Å²) in [4.78, 5) is 17.5. The molecule has 1 saturated heterocycles. The average Bonchev–Trinajstić information content (AvgIpc) is 2.85. The first-order chi connectivity index (χ1) is 17.1. The summed E-state index contributed by atoms with van der Waals surface area (Å²) in [5, 5.41) is 12.7. The Hall–Kier alpha value is -3.53. The maximum Gasteiger partial charge on any atom is 0.422 e. The zero-order valence-electron chi connectivity index (χ0n) is 20.0. The average molecular weight is 504 g/mol. The van der Waals surface area contributed by atoms with Crippen molar-refractivity contribution in [1.29, 1.82) is 0 Å². The number of carbonyl (C=O) groups is 1. The zero-order chi connectivity index (χ0) is 25.9. The number of aromatic nitrogens is 1. The summed E-state index contributed by atoms with van der Waals surface area (Å²) in [5.41, 5.74) is 2.04. The number of hydrogen-bond donors (Lipinski definition) is 2. The molecule has 192 valence electrons. The number of fused-ring (bicyclic) bond motifs is 1. The number of alkyl halides is 3. The topological polar surface area (TPSA) is 83.9 Å². The molecule has 0 spiro atoms. The van der Waals surface area contributed by atoms with E-state index < -0.39 is 18.8 Å². The zero-order valence-corrected chi connectivity index (χ0v) is 20.0. The molecule has 1 aliphatic heterocycles. The number of benzene rings is 1. The summed E-state index contributed by atoms with van der Waals surface area (Å²) in [6.07, 6.45) is 5.39. The molecule has 2 heterocycles. The summed E-state index contributed by atoms with van der Waals surface area (Å²) in [6, 6.07) is 7.90. The van der Waals surface area contributed by atoms with Gasteiger partial charge < -0.3 is 24.8 Å². The first kappa shape index (κ1) is 25.6. The van der Waals surface area contributed by atoms with Gasteiger partial charge in [-0.1, -0.05) is 13.0 Å². The molecular formula is C26H28F3N3O4. The van der Waals surface area contributed by atoms with Crippen molar-refractivity contribution in [3.63, 3.8) is 0 Å². The smallest absolute Gasteiger partial charge is 0.422 e. The molecule has 0 amide bonds. The molecule has 2 unspecified atom stereocenters. The Morgan fingerprint density at radius 3 is 2.75 bits per heavy atom. The maximum absolute atomic E-state index is 12.4. The number of ether oxygens (including phenoxy) is 2. The molecule has 4 rings (SSSR count). The van der Waals surface area contributed by atoms with Crippen molar-refractivity contribution in [1.82, 2.24) is 4.98 Å². The number of aromatic carboxylic acids is 1. The monoisotopic (exact) mass is 503 g/mol. The van der Waals surface area contributed by atoms with Crippen LogP contribution in [-0.2, 0) is 4.74 Å². The number of nitrogens with one attached hydrogen (secondary N) is 1. The van der Waals surface area contributed by atoms with Crippen LogP contribution in [0.5, 0.6) is 5.75 Å². The van der Waals surface area contributed by atoms with Crippen LogP contribution in [0.15, 0.2) is 66.7 Å². The van der Waals surface area contributed by atoms with Gasteiger partial charge in [-0.05, 0) is 54.8 Å². The third-order valence-corrected chi connectivity index (χ3v) is 6.80. The van der Waals surface area contributed by atoms with Crippen LogP contribution in [0.4, 0.5) is 24.5 Å². The lowest BCUT2D eigenvalue weighted by molar-refractivity contribution is -0.153. The third-order valence-electron chi connectivity index (χ3n) is 6.80.